The van der Waals surface area contributed by atoms with Gasteiger partial charge in [-0.2, -0.15) is 5.10 Å². The predicted molar refractivity (Wildman–Crippen MR) is 128 cm³/mol. The lowest BCUT2D eigenvalue weighted by atomic mass is 10.1. The van der Waals surface area contributed by atoms with Gasteiger partial charge in [-0.3, -0.25) is 14.9 Å². The first-order valence-corrected chi connectivity index (χ1v) is 10.5. The highest BCUT2D eigenvalue weighted by atomic mass is 35.5. The number of benzene rings is 3. The molecule has 1 amide bonds. The van der Waals surface area contributed by atoms with Gasteiger partial charge in [-0.05, 0) is 42.0 Å². The zero-order valence-corrected chi connectivity index (χ0v) is 18.4. The number of hydrogen-bond acceptors (Lipinski definition) is 6. The van der Waals surface area contributed by atoms with Crippen LogP contribution in [0.2, 0.25) is 5.02 Å². The Balaban J connectivity index is 1.43. The molecule has 0 bridgehead atoms. The molecule has 3 aromatic carbocycles. The van der Waals surface area contributed by atoms with E-state index in [1.54, 1.807) is 36.4 Å². The summed E-state index contributed by atoms with van der Waals surface area (Å²) in [7, 11) is 0. The summed E-state index contributed by atoms with van der Waals surface area (Å²) in [5.74, 6) is 0.540. The summed E-state index contributed by atoms with van der Waals surface area (Å²) in [6.45, 7) is 0.320. The zero-order chi connectivity index (χ0) is 23.9. The first kappa shape index (κ1) is 22.8. The van der Waals surface area contributed by atoms with Crippen LogP contribution in [-0.2, 0) is 6.61 Å². The van der Waals surface area contributed by atoms with Crippen molar-refractivity contribution in [2.24, 2.45) is 5.10 Å². The van der Waals surface area contributed by atoms with E-state index in [0.717, 1.165) is 5.56 Å². The SMILES string of the molecule is O=C(N/N=C/c1ccc(-c2ccc(Cl)cc2[N+](=O)[O-])o1)c1ccccc1OCc1ccccc1. The number of nitro groups is 1. The Labute approximate surface area is 199 Å². The average molecular weight is 476 g/mol. The van der Waals surface area contributed by atoms with Gasteiger partial charge < -0.3 is 9.15 Å². The molecule has 1 heterocycles. The molecule has 0 atom stereocenters. The fourth-order valence-corrected chi connectivity index (χ4v) is 3.33. The molecule has 34 heavy (non-hydrogen) atoms. The fourth-order valence-electron chi connectivity index (χ4n) is 3.16. The molecule has 0 aliphatic rings. The molecule has 9 heteroatoms. The normalized spacial score (nSPS) is 10.9. The highest BCUT2D eigenvalue weighted by Crippen LogP contribution is 2.33. The van der Waals surface area contributed by atoms with E-state index in [-0.39, 0.29) is 22.0 Å². The van der Waals surface area contributed by atoms with Crippen molar-refractivity contribution in [2.45, 2.75) is 6.61 Å². The Morgan fingerprint density at radius 2 is 1.82 bits per heavy atom. The van der Waals surface area contributed by atoms with Crippen LogP contribution in [-0.4, -0.2) is 17.0 Å². The first-order valence-electron chi connectivity index (χ1n) is 10.1. The Kier molecular flexibility index (Phi) is 7.00. The largest absolute Gasteiger partial charge is 0.488 e. The van der Waals surface area contributed by atoms with Crippen molar-refractivity contribution in [1.29, 1.82) is 0 Å². The van der Waals surface area contributed by atoms with Crippen LogP contribution >= 0.6 is 11.6 Å². The number of amides is 1. The van der Waals surface area contributed by atoms with Crippen molar-refractivity contribution in [3.63, 3.8) is 0 Å². The minimum absolute atomic E-state index is 0.175. The quantitative estimate of drug-likeness (QED) is 0.195. The number of rotatable bonds is 8. The van der Waals surface area contributed by atoms with Gasteiger partial charge in [-0.25, -0.2) is 5.43 Å². The van der Waals surface area contributed by atoms with Gasteiger partial charge in [0.2, 0.25) is 0 Å². The molecule has 1 aromatic heterocycles. The summed E-state index contributed by atoms with van der Waals surface area (Å²) in [6.07, 6.45) is 1.30. The van der Waals surface area contributed by atoms with Crippen molar-refractivity contribution in [3.05, 3.63) is 117 Å². The van der Waals surface area contributed by atoms with Gasteiger partial charge in [0.05, 0.1) is 22.3 Å². The van der Waals surface area contributed by atoms with Crippen molar-refractivity contribution >= 4 is 29.4 Å². The van der Waals surface area contributed by atoms with Gasteiger partial charge in [0.1, 0.15) is 23.9 Å². The molecule has 0 fully saturated rings. The fraction of sp³-hybridized carbons (Fsp3) is 0.0400. The minimum atomic E-state index is -0.533. The predicted octanol–water partition coefficient (Wildman–Crippen LogP) is 5.85. The molecule has 0 spiro atoms. The van der Waals surface area contributed by atoms with Crippen LogP contribution in [0, 0.1) is 10.1 Å². The number of nitrogens with zero attached hydrogens (tertiary/aromatic N) is 2. The van der Waals surface area contributed by atoms with Crippen molar-refractivity contribution in [2.75, 3.05) is 0 Å². The van der Waals surface area contributed by atoms with Gasteiger partial charge in [0.25, 0.3) is 11.6 Å². The van der Waals surface area contributed by atoms with Crippen molar-refractivity contribution in [1.82, 2.24) is 5.43 Å². The first-order chi connectivity index (χ1) is 16.5. The molecule has 4 rings (SSSR count). The molecular formula is C25H18ClN3O5. The summed E-state index contributed by atoms with van der Waals surface area (Å²) in [6, 6.07) is 23.9. The molecule has 0 aliphatic heterocycles. The summed E-state index contributed by atoms with van der Waals surface area (Å²) < 4.78 is 11.4. The van der Waals surface area contributed by atoms with Crippen LogP contribution in [0.15, 0.2) is 94.4 Å². The summed E-state index contributed by atoms with van der Waals surface area (Å²) in [5.41, 5.74) is 3.85. The van der Waals surface area contributed by atoms with E-state index < -0.39 is 10.8 Å². The number of carbonyl (C=O) groups is 1. The third-order valence-corrected chi connectivity index (χ3v) is 5.01. The van der Waals surface area contributed by atoms with Crippen molar-refractivity contribution in [3.8, 4) is 17.1 Å². The number of halogens is 1. The highest BCUT2D eigenvalue weighted by molar-refractivity contribution is 6.30. The van der Waals surface area contributed by atoms with Gasteiger partial charge in [0, 0.05) is 11.1 Å². The lowest BCUT2D eigenvalue weighted by Gasteiger charge is -2.10. The van der Waals surface area contributed by atoms with Crippen LogP contribution in [0.3, 0.4) is 0 Å². The Hall–Kier alpha value is -4.43. The number of furan rings is 1. The highest BCUT2D eigenvalue weighted by Gasteiger charge is 2.18. The molecule has 0 radical (unpaired) electrons. The Morgan fingerprint density at radius 3 is 2.62 bits per heavy atom. The summed E-state index contributed by atoms with van der Waals surface area (Å²) in [4.78, 5) is 23.4. The van der Waals surface area contributed by atoms with Crippen LogP contribution in [0.5, 0.6) is 5.75 Å². The standard InChI is InChI=1S/C25H18ClN3O5/c26-18-10-12-20(22(14-18)29(31)32)24-13-11-19(34-24)15-27-28-25(30)21-8-4-5-9-23(21)33-16-17-6-2-1-3-7-17/h1-15H,16H2,(H,28,30)/b27-15+. The topological polar surface area (TPSA) is 107 Å². The third-order valence-electron chi connectivity index (χ3n) is 4.78. The molecular weight excluding hydrogens is 458 g/mol. The molecule has 0 aliphatic carbocycles. The number of carbonyl (C=O) groups excluding carboxylic acids is 1. The van der Waals surface area contributed by atoms with E-state index in [1.165, 1.54) is 24.4 Å². The zero-order valence-electron chi connectivity index (χ0n) is 17.7. The summed E-state index contributed by atoms with van der Waals surface area (Å²) >= 11 is 5.86. The van der Waals surface area contributed by atoms with Crippen LogP contribution in [0.1, 0.15) is 21.7 Å². The van der Waals surface area contributed by atoms with E-state index in [2.05, 4.69) is 10.5 Å². The number of para-hydroxylation sites is 1. The number of hydrazone groups is 1. The number of nitro benzene ring substituents is 1. The van der Waals surface area contributed by atoms with Gasteiger partial charge in [-0.15, -0.1) is 0 Å². The number of nitrogens with one attached hydrogen (secondary N) is 1. The Morgan fingerprint density at radius 1 is 1.06 bits per heavy atom. The maximum atomic E-state index is 12.6. The van der Waals surface area contributed by atoms with Crippen LogP contribution in [0.25, 0.3) is 11.3 Å². The van der Waals surface area contributed by atoms with Crippen molar-refractivity contribution < 1.29 is 18.9 Å². The second-order valence-electron chi connectivity index (χ2n) is 7.09. The molecule has 8 nitrogen and oxygen atoms in total. The van der Waals surface area contributed by atoms with Gasteiger partial charge >= 0.3 is 0 Å². The molecule has 4 aromatic rings. The average Bonchev–Trinajstić information content (AvgIpc) is 3.32. The Bertz CT molecular complexity index is 1350. The van der Waals surface area contributed by atoms with Gasteiger partial charge in [0.15, 0.2) is 0 Å². The molecule has 1 N–H and O–H groups in total. The molecule has 0 saturated carbocycles. The lowest BCUT2D eigenvalue weighted by molar-refractivity contribution is -0.384. The van der Waals surface area contributed by atoms with E-state index in [0.29, 0.717) is 23.7 Å². The van der Waals surface area contributed by atoms with Gasteiger partial charge in [-0.1, -0.05) is 54.1 Å². The second kappa shape index (κ2) is 10.5. The van der Waals surface area contributed by atoms with Crippen LogP contribution in [0.4, 0.5) is 5.69 Å². The second-order valence-corrected chi connectivity index (χ2v) is 7.53. The molecule has 0 saturated heterocycles. The van der Waals surface area contributed by atoms with E-state index in [4.69, 9.17) is 20.8 Å². The van der Waals surface area contributed by atoms with E-state index >= 15 is 0 Å². The maximum Gasteiger partial charge on any atom is 0.281 e. The van der Waals surface area contributed by atoms with E-state index in [1.807, 2.05) is 30.3 Å². The molecule has 170 valence electrons. The number of hydrogen-bond donors (Lipinski definition) is 1. The monoisotopic (exact) mass is 475 g/mol. The number of ether oxygens (including phenoxy) is 1. The maximum absolute atomic E-state index is 12.6. The van der Waals surface area contributed by atoms with Crippen LogP contribution < -0.4 is 10.2 Å². The smallest absolute Gasteiger partial charge is 0.281 e. The lowest BCUT2D eigenvalue weighted by Crippen LogP contribution is -2.18. The molecule has 0 unspecified atom stereocenters. The minimum Gasteiger partial charge on any atom is -0.488 e. The third kappa shape index (κ3) is 5.48. The summed E-state index contributed by atoms with van der Waals surface area (Å²) in [5, 5.41) is 15.5. The van der Waals surface area contributed by atoms with E-state index in [9.17, 15) is 14.9 Å².